The number of H-pyrrole nitrogens is 1. The number of nitrogens with two attached hydrogens (primary N) is 1. The summed E-state index contributed by atoms with van der Waals surface area (Å²) in [5.41, 5.74) is 7.20. The van der Waals surface area contributed by atoms with Crippen LogP contribution in [0.1, 0.15) is 25.2 Å². The van der Waals surface area contributed by atoms with Crippen LogP contribution < -0.4 is 11.1 Å². The van der Waals surface area contributed by atoms with Crippen molar-refractivity contribution < 1.29 is 0 Å². The maximum Gasteiger partial charge on any atom is 0.179 e. The smallest absolute Gasteiger partial charge is 0.179 e. The van der Waals surface area contributed by atoms with Gasteiger partial charge in [-0.1, -0.05) is 6.92 Å². The van der Waals surface area contributed by atoms with Crippen LogP contribution in [-0.2, 0) is 0 Å². The van der Waals surface area contributed by atoms with Crippen molar-refractivity contribution >= 4 is 17.0 Å². The first kappa shape index (κ1) is 9.92. The summed E-state index contributed by atoms with van der Waals surface area (Å²) in [6.45, 7) is 2.11. The first-order chi connectivity index (χ1) is 7.24. The summed E-state index contributed by atoms with van der Waals surface area (Å²) < 4.78 is 0. The fraction of sp³-hybridized carbons (Fsp3) is 0.400. The van der Waals surface area contributed by atoms with E-state index >= 15 is 0 Å². The van der Waals surface area contributed by atoms with E-state index in [1.807, 2.05) is 13.1 Å². The Hall–Kier alpha value is -1.62. The van der Waals surface area contributed by atoms with Crippen LogP contribution in [0.3, 0.4) is 0 Å². The lowest BCUT2D eigenvalue weighted by Gasteiger charge is -2.09. The predicted molar refractivity (Wildman–Crippen MR) is 60.4 cm³/mol. The van der Waals surface area contributed by atoms with E-state index in [0.29, 0.717) is 11.5 Å². The van der Waals surface area contributed by atoms with Crippen LogP contribution >= 0.6 is 0 Å². The van der Waals surface area contributed by atoms with E-state index in [-0.39, 0.29) is 6.04 Å². The largest absolute Gasteiger partial charge is 0.384 e. The standard InChI is InChI=1S/C10H15N5/c1-3-6(12-2)9-13-7-4-5-8(11)14-10(7)15-9/h4-6,12H,3H2,1-2H3,(H3,11,13,14,15). The van der Waals surface area contributed by atoms with E-state index in [4.69, 9.17) is 5.73 Å². The molecule has 2 rings (SSSR count). The molecule has 4 N–H and O–H groups in total. The fourth-order valence-electron chi connectivity index (χ4n) is 1.63. The van der Waals surface area contributed by atoms with Crippen LogP contribution in [0.2, 0.25) is 0 Å². The normalized spacial score (nSPS) is 13.2. The van der Waals surface area contributed by atoms with Crippen molar-refractivity contribution in [1.82, 2.24) is 20.3 Å². The molecule has 5 heteroatoms. The molecule has 0 amide bonds. The number of anilines is 1. The van der Waals surface area contributed by atoms with E-state index in [1.54, 1.807) is 6.07 Å². The van der Waals surface area contributed by atoms with Gasteiger partial charge >= 0.3 is 0 Å². The monoisotopic (exact) mass is 205 g/mol. The highest BCUT2D eigenvalue weighted by Crippen LogP contribution is 2.17. The molecular formula is C10H15N5. The molecule has 0 aliphatic rings. The minimum absolute atomic E-state index is 0.237. The third-order valence-corrected chi connectivity index (χ3v) is 2.47. The van der Waals surface area contributed by atoms with Crippen LogP contribution in [0, 0.1) is 0 Å². The summed E-state index contributed by atoms with van der Waals surface area (Å²) in [5, 5.41) is 3.19. The molecule has 1 unspecified atom stereocenters. The maximum absolute atomic E-state index is 5.59. The van der Waals surface area contributed by atoms with E-state index in [2.05, 4.69) is 27.2 Å². The Morgan fingerprint density at radius 1 is 1.47 bits per heavy atom. The van der Waals surface area contributed by atoms with E-state index in [1.165, 1.54) is 0 Å². The Morgan fingerprint density at radius 2 is 2.27 bits per heavy atom. The third-order valence-electron chi connectivity index (χ3n) is 2.47. The SMILES string of the molecule is CCC(NC)c1nc2nc(N)ccc2[nH]1. The summed E-state index contributed by atoms with van der Waals surface area (Å²) in [4.78, 5) is 11.8. The van der Waals surface area contributed by atoms with Gasteiger partial charge in [0.1, 0.15) is 11.6 Å². The number of pyridine rings is 1. The van der Waals surface area contributed by atoms with Crippen LogP contribution in [0.15, 0.2) is 12.1 Å². The molecular weight excluding hydrogens is 190 g/mol. The second-order valence-corrected chi connectivity index (χ2v) is 3.48. The van der Waals surface area contributed by atoms with Crippen molar-refractivity contribution in [2.45, 2.75) is 19.4 Å². The molecule has 2 heterocycles. The quantitative estimate of drug-likeness (QED) is 0.703. The first-order valence-electron chi connectivity index (χ1n) is 5.04. The highest BCUT2D eigenvalue weighted by molar-refractivity contribution is 5.72. The minimum atomic E-state index is 0.237. The van der Waals surface area contributed by atoms with Crippen molar-refractivity contribution in [3.05, 3.63) is 18.0 Å². The Bertz CT molecular complexity index is 458. The molecule has 80 valence electrons. The molecule has 0 aliphatic heterocycles. The van der Waals surface area contributed by atoms with Gasteiger partial charge in [0, 0.05) is 0 Å². The molecule has 2 aromatic rings. The summed E-state index contributed by atoms with van der Waals surface area (Å²) in [6.07, 6.45) is 0.978. The van der Waals surface area contributed by atoms with Crippen LogP contribution in [-0.4, -0.2) is 22.0 Å². The van der Waals surface area contributed by atoms with Crippen LogP contribution in [0.4, 0.5) is 5.82 Å². The molecule has 0 aromatic carbocycles. The number of nitrogens with one attached hydrogen (secondary N) is 2. The van der Waals surface area contributed by atoms with Gasteiger partial charge in [-0.3, -0.25) is 0 Å². The zero-order valence-electron chi connectivity index (χ0n) is 8.91. The van der Waals surface area contributed by atoms with Crippen molar-refractivity contribution in [3.63, 3.8) is 0 Å². The molecule has 0 fully saturated rings. The molecule has 0 radical (unpaired) electrons. The van der Waals surface area contributed by atoms with Crippen molar-refractivity contribution in [3.8, 4) is 0 Å². The second kappa shape index (κ2) is 3.86. The lowest BCUT2D eigenvalue weighted by molar-refractivity contribution is 0.551. The number of imidazole rings is 1. The number of nitrogen functional groups attached to an aromatic ring is 1. The highest BCUT2D eigenvalue weighted by Gasteiger charge is 2.12. The highest BCUT2D eigenvalue weighted by atomic mass is 15.1. The molecule has 15 heavy (non-hydrogen) atoms. The summed E-state index contributed by atoms with van der Waals surface area (Å²) in [5.74, 6) is 1.41. The lowest BCUT2D eigenvalue weighted by Crippen LogP contribution is -2.16. The fourth-order valence-corrected chi connectivity index (χ4v) is 1.63. The van der Waals surface area contributed by atoms with Gasteiger partial charge in [0.2, 0.25) is 0 Å². The second-order valence-electron chi connectivity index (χ2n) is 3.48. The van der Waals surface area contributed by atoms with Gasteiger partial charge in [-0.05, 0) is 25.6 Å². The molecule has 1 atom stereocenters. The van der Waals surface area contributed by atoms with Crippen LogP contribution in [0.5, 0.6) is 0 Å². The zero-order valence-corrected chi connectivity index (χ0v) is 8.91. The third kappa shape index (κ3) is 1.78. The van der Waals surface area contributed by atoms with Gasteiger partial charge in [0.15, 0.2) is 5.65 Å². The van der Waals surface area contributed by atoms with Crippen molar-refractivity contribution in [1.29, 1.82) is 0 Å². The number of rotatable bonds is 3. The van der Waals surface area contributed by atoms with Gasteiger partial charge in [-0.2, -0.15) is 0 Å². The Kier molecular flexibility index (Phi) is 2.55. The number of hydrogen-bond donors (Lipinski definition) is 3. The van der Waals surface area contributed by atoms with Crippen molar-refractivity contribution in [2.24, 2.45) is 0 Å². The van der Waals surface area contributed by atoms with Gasteiger partial charge in [-0.25, -0.2) is 9.97 Å². The van der Waals surface area contributed by atoms with Gasteiger partial charge in [0.05, 0.1) is 11.6 Å². The number of hydrogen-bond acceptors (Lipinski definition) is 4. The average molecular weight is 205 g/mol. The molecule has 0 saturated carbocycles. The number of aromatic amines is 1. The topological polar surface area (TPSA) is 79.6 Å². The molecule has 0 spiro atoms. The number of nitrogens with zero attached hydrogens (tertiary/aromatic N) is 2. The molecule has 5 nitrogen and oxygen atoms in total. The maximum atomic E-state index is 5.59. The summed E-state index contributed by atoms with van der Waals surface area (Å²) >= 11 is 0. The lowest BCUT2D eigenvalue weighted by atomic mass is 10.2. The number of fused-ring (bicyclic) bond motifs is 1. The van der Waals surface area contributed by atoms with E-state index in [0.717, 1.165) is 17.8 Å². The summed E-state index contributed by atoms with van der Waals surface area (Å²) in [7, 11) is 1.92. The van der Waals surface area contributed by atoms with Gasteiger partial charge in [0.25, 0.3) is 0 Å². The molecule has 2 aromatic heterocycles. The van der Waals surface area contributed by atoms with Crippen molar-refractivity contribution in [2.75, 3.05) is 12.8 Å². The molecule has 0 bridgehead atoms. The Morgan fingerprint density at radius 3 is 2.93 bits per heavy atom. The average Bonchev–Trinajstić information content (AvgIpc) is 2.62. The van der Waals surface area contributed by atoms with E-state index in [9.17, 15) is 0 Å². The zero-order chi connectivity index (χ0) is 10.8. The van der Waals surface area contributed by atoms with Crippen LogP contribution in [0.25, 0.3) is 11.2 Å². The first-order valence-corrected chi connectivity index (χ1v) is 5.04. The summed E-state index contributed by atoms with van der Waals surface area (Å²) in [6, 6.07) is 3.90. The minimum Gasteiger partial charge on any atom is -0.384 e. The van der Waals surface area contributed by atoms with Gasteiger partial charge < -0.3 is 16.0 Å². The molecule has 0 aliphatic carbocycles. The van der Waals surface area contributed by atoms with E-state index < -0.39 is 0 Å². The Labute approximate surface area is 88.1 Å². The Balaban J connectivity index is 2.46. The number of aromatic nitrogens is 3. The van der Waals surface area contributed by atoms with Gasteiger partial charge in [-0.15, -0.1) is 0 Å². The predicted octanol–water partition coefficient (Wildman–Crippen LogP) is 1.21. The molecule has 0 saturated heterocycles.